The highest BCUT2D eigenvalue weighted by Crippen LogP contribution is 2.32. The van der Waals surface area contributed by atoms with Crippen LogP contribution < -0.4 is 10.1 Å². The Hall–Kier alpha value is -2.42. The lowest BCUT2D eigenvalue weighted by Crippen LogP contribution is -2.41. The van der Waals surface area contributed by atoms with Gasteiger partial charge in [-0.25, -0.2) is 4.79 Å². The number of rotatable bonds is 6. The molecule has 0 radical (unpaired) electrons. The minimum Gasteiger partial charge on any atom is -0.497 e. The van der Waals surface area contributed by atoms with Crippen molar-refractivity contribution in [3.8, 4) is 5.75 Å². The number of nitrogens with one attached hydrogen (secondary N) is 1. The molecule has 0 aromatic heterocycles. The fourth-order valence-electron chi connectivity index (χ4n) is 1.36. The molecule has 0 aliphatic rings. The summed E-state index contributed by atoms with van der Waals surface area (Å²) in [6, 6.07) is 1.97. The van der Waals surface area contributed by atoms with E-state index >= 15 is 0 Å². The SMILES string of the molecule is COc1cc(F)c([N+](=O)[O-])c(NCC(C)(O)C(=O)O)c1. The van der Waals surface area contributed by atoms with Crippen LogP contribution in [-0.4, -0.2) is 40.4 Å². The first-order valence-corrected chi connectivity index (χ1v) is 5.40. The number of halogens is 1. The average Bonchev–Trinajstić information content (AvgIpc) is 2.34. The van der Waals surface area contributed by atoms with Crippen LogP contribution in [0.15, 0.2) is 12.1 Å². The normalized spacial score (nSPS) is 13.4. The highest BCUT2D eigenvalue weighted by atomic mass is 19.1. The fourth-order valence-corrected chi connectivity index (χ4v) is 1.36. The standard InChI is InChI=1S/C11H13FN2O6/c1-11(17,10(15)16)5-13-8-4-6(20-2)3-7(12)9(8)14(18)19/h3-4,13,17H,5H2,1-2H3,(H,15,16). The number of hydrogen-bond donors (Lipinski definition) is 3. The molecule has 1 rings (SSSR count). The van der Waals surface area contributed by atoms with Crippen LogP contribution in [0.4, 0.5) is 15.8 Å². The van der Waals surface area contributed by atoms with Gasteiger partial charge in [-0.3, -0.25) is 10.1 Å². The number of nitro groups is 1. The second-order valence-electron chi connectivity index (χ2n) is 4.20. The predicted octanol–water partition coefficient (Wildman–Crippen LogP) is 0.990. The van der Waals surface area contributed by atoms with Crippen molar-refractivity contribution < 1.29 is 29.1 Å². The Morgan fingerprint density at radius 1 is 1.60 bits per heavy atom. The van der Waals surface area contributed by atoms with Crippen LogP contribution in [0.5, 0.6) is 5.75 Å². The van der Waals surface area contributed by atoms with Crippen LogP contribution >= 0.6 is 0 Å². The first-order valence-electron chi connectivity index (χ1n) is 5.40. The van der Waals surface area contributed by atoms with Gasteiger partial charge in [0.05, 0.1) is 18.6 Å². The number of hydrogen-bond acceptors (Lipinski definition) is 6. The third kappa shape index (κ3) is 3.32. The molecule has 0 aliphatic carbocycles. The summed E-state index contributed by atoms with van der Waals surface area (Å²) in [5.41, 5.74) is -3.30. The molecular weight excluding hydrogens is 275 g/mol. The van der Waals surface area contributed by atoms with Crippen molar-refractivity contribution in [1.29, 1.82) is 0 Å². The Balaban J connectivity index is 3.13. The smallest absolute Gasteiger partial charge is 0.337 e. The number of carbonyl (C=O) groups is 1. The second kappa shape index (κ2) is 5.70. The summed E-state index contributed by atoms with van der Waals surface area (Å²) in [5.74, 6) is -2.63. The molecule has 20 heavy (non-hydrogen) atoms. The van der Waals surface area contributed by atoms with E-state index in [1.807, 2.05) is 0 Å². The van der Waals surface area contributed by atoms with Gasteiger partial charge in [-0.05, 0) is 6.92 Å². The lowest BCUT2D eigenvalue weighted by molar-refractivity contribution is -0.386. The highest BCUT2D eigenvalue weighted by Gasteiger charge is 2.31. The van der Waals surface area contributed by atoms with Crippen molar-refractivity contribution in [2.45, 2.75) is 12.5 Å². The summed E-state index contributed by atoms with van der Waals surface area (Å²) < 4.78 is 18.4. The van der Waals surface area contributed by atoms with Gasteiger partial charge in [0.15, 0.2) is 5.60 Å². The van der Waals surface area contributed by atoms with E-state index in [0.29, 0.717) is 0 Å². The molecule has 8 nitrogen and oxygen atoms in total. The van der Waals surface area contributed by atoms with Crippen LogP contribution in [0.1, 0.15) is 6.92 Å². The van der Waals surface area contributed by atoms with Crippen molar-refractivity contribution in [1.82, 2.24) is 0 Å². The van der Waals surface area contributed by atoms with E-state index in [2.05, 4.69) is 5.32 Å². The molecule has 0 bridgehead atoms. The molecule has 1 unspecified atom stereocenters. The van der Waals surface area contributed by atoms with E-state index < -0.39 is 34.5 Å². The molecule has 0 spiro atoms. The van der Waals surface area contributed by atoms with E-state index in [0.717, 1.165) is 19.1 Å². The first kappa shape index (κ1) is 15.6. The Kier molecular flexibility index (Phi) is 4.45. The molecule has 110 valence electrons. The maximum atomic E-state index is 13.6. The zero-order valence-corrected chi connectivity index (χ0v) is 10.7. The molecular formula is C11H13FN2O6. The zero-order valence-electron chi connectivity index (χ0n) is 10.7. The van der Waals surface area contributed by atoms with E-state index in [4.69, 9.17) is 9.84 Å². The van der Waals surface area contributed by atoms with E-state index in [-0.39, 0.29) is 11.4 Å². The zero-order chi connectivity index (χ0) is 15.5. The van der Waals surface area contributed by atoms with Crippen molar-refractivity contribution in [3.63, 3.8) is 0 Å². The number of anilines is 1. The maximum absolute atomic E-state index is 13.6. The quantitative estimate of drug-likeness (QED) is 0.527. The van der Waals surface area contributed by atoms with Gasteiger partial charge < -0.3 is 20.3 Å². The number of ether oxygens (including phenoxy) is 1. The summed E-state index contributed by atoms with van der Waals surface area (Å²) in [7, 11) is 1.25. The van der Waals surface area contributed by atoms with Gasteiger partial charge >= 0.3 is 11.7 Å². The number of carboxylic acid groups (broad SMARTS) is 1. The largest absolute Gasteiger partial charge is 0.497 e. The Bertz CT molecular complexity index is 546. The van der Waals surface area contributed by atoms with Crippen LogP contribution in [0, 0.1) is 15.9 Å². The number of aliphatic carboxylic acids is 1. The number of methoxy groups -OCH3 is 1. The van der Waals surface area contributed by atoms with Crippen molar-refractivity contribution in [3.05, 3.63) is 28.1 Å². The molecule has 0 saturated carbocycles. The molecule has 0 heterocycles. The van der Waals surface area contributed by atoms with E-state index in [1.165, 1.54) is 7.11 Å². The minimum atomic E-state index is -2.16. The van der Waals surface area contributed by atoms with Gasteiger partial charge in [-0.15, -0.1) is 0 Å². The van der Waals surface area contributed by atoms with Crippen LogP contribution in [0.3, 0.4) is 0 Å². The Labute approximate surface area is 112 Å². The van der Waals surface area contributed by atoms with Crippen LogP contribution in [0.2, 0.25) is 0 Å². The van der Waals surface area contributed by atoms with Crippen LogP contribution in [-0.2, 0) is 4.79 Å². The van der Waals surface area contributed by atoms with E-state index in [1.54, 1.807) is 0 Å². The van der Waals surface area contributed by atoms with Gasteiger partial charge in [0.25, 0.3) is 0 Å². The molecule has 0 amide bonds. The summed E-state index contributed by atoms with van der Waals surface area (Å²) in [4.78, 5) is 20.6. The third-order valence-electron chi connectivity index (χ3n) is 2.54. The Morgan fingerprint density at radius 3 is 2.65 bits per heavy atom. The number of nitrogens with zero attached hydrogens (tertiary/aromatic N) is 1. The van der Waals surface area contributed by atoms with Crippen molar-refractivity contribution in [2.24, 2.45) is 0 Å². The summed E-state index contributed by atoms with van der Waals surface area (Å²) in [6.07, 6.45) is 0. The molecule has 0 fully saturated rings. The number of nitro benzene ring substituents is 1. The summed E-state index contributed by atoms with van der Waals surface area (Å²) in [6.45, 7) is 0.459. The van der Waals surface area contributed by atoms with Gasteiger partial charge in [0.2, 0.25) is 5.82 Å². The molecule has 0 saturated heterocycles. The lowest BCUT2D eigenvalue weighted by Gasteiger charge is -2.19. The van der Waals surface area contributed by atoms with Gasteiger partial charge in [-0.2, -0.15) is 4.39 Å². The average molecular weight is 288 g/mol. The molecule has 1 aromatic rings. The van der Waals surface area contributed by atoms with E-state index in [9.17, 15) is 24.4 Å². The highest BCUT2D eigenvalue weighted by molar-refractivity contribution is 5.78. The Morgan fingerprint density at radius 2 is 2.20 bits per heavy atom. The van der Waals surface area contributed by atoms with Crippen molar-refractivity contribution in [2.75, 3.05) is 19.0 Å². The predicted molar refractivity (Wildman–Crippen MR) is 66.4 cm³/mol. The molecule has 1 aromatic carbocycles. The van der Waals surface area contributed by atoms with Crippen LogP contribution in [0.25, 0.3) is 0 Å². The molecule has 3 N–H and O–H groups in total. The molecule has 1 atom stereocenters. The summed E-state index contributed by atoms with van der Waals surface area (Å²) >= 11 is 0. The fraction of sp³-hybridized carbons (Fsp3) is 0.364. The van der Waals surface area contributed by atoms with Gasteiger partial charge in [0.1, 0.15) is 11.4 Å². The lowest BCUT2D eigenvalue weighted by atomic mass is 10.1. The number of carboxylic acids is 1. The van der Waals surface area contributed by atoms with Crippen molar-refractivity contribution >= 4 is 17.3 Å². The monoisotopic (exact) mass is 288 g/mol. The second-order valence-corrected chi connectivity index (χ2v) is 4.20. The van der Waals surface area contributed by atoms with Gasteiger partial charge in [0, 0.05) is 12.1 Å². The number of benzene rings is 1. The molecule has 9 heteroatoms. The first-order chi connectivity index (χ1) is 9.19. The maximum Gasteiger partial charge on any atom is 0.337 e. The third-order valence-corrected chi connectivity index (χ3v) is 2.54. The minimum absolute atomic E-state index is 0.0190. The number of aliphatic hydroxyl groups is 1. The topological polar surface area (TPSA) is 122 Å². The molecule has 0 aliphatic heterocycles. The summed E-state index contributed by atoms with van der Waals surface area (Å²) in [5, 5.41) is 31.4. The van der Waals surface area contributed by atoms with Gasteiger partial charge in [-0.1, -0.05) is 0 Å².